The second-order valence-corrected chi connectivity index (χ2v) is 7.77. The molecule has 2 N–H and O–H groups in total. The zero-order valence-corrected chi connectivity index (χ0v) is 16.7. The SMILES string of the molecule is O=C(CCC(=O)N1CCN(c2nsc3ccccc23)CC1)Nc1ccc(O)cc1. The molecule has 29 heavy (non-hydrogen) atoms. The Morgan fingerprint density at radius 2 is 1.72 bits per heavy atom. The Bertz CT molecular complexity index is 1010. The molecule has 0 bridgehead atoms. The minimum atomic E-state index is -0.211. The number of hydrogen-bond acceptors (Lipinski definition) is 6. The molecule has 1 fully saturated rings. The largest absolute Gasteiger partial charge is 0.508 e. The number of nitrogens with one attached hydrogen (secondary N) is 1. The van der Waals surface area contributed by atoms with Crippen molar-refractivity contribution in [3.63, 3.8) is 0 Å². The standard InChI is InChI=1S/C21H22N4O3S/c26-16-7-5-15(6-8-16)22-19(27)9-10-20(28)24-11-13-25(14-12-24)21-17-3-1-2-4-18(17)29-23-21/h1-8,26H,9-14H2,(H,22,27). The first-order chi connectivity index (χ1) is 14.1. The van der Waals surface area contributed by atoms with Crippen LogP contribution in [0.3, 0.4) is 0 Å². The van der Waals surface area contributed by atoms with Gasteiger partial charge >= 0.3 is 0 Å². The predicted octanol–water partition coefficient (Wildman–Crippen LogP) is 3.07. The van der Waals surface area contributed by atoms with Gasteiger partial charge in [-0.3, -0.25) is 9.59 Å². The lowest BCUT2D eigenvalue weighted by atomic mass is 10.2. The van der Waals surface area contributed by atoms with Crippen molar-refractivity contribution in [1.82, 2.24) is 9.27 Å². The molecule has 1 aliphatic rings. The molecule has 0 aliphatic carbocycles. The number of fused-ring (bicyclic) bond motifs is 1. The average molecular weight is 410 g/mol. The summed E-state index contributed by atoms with van der Waals surface area (Å²) < 4.78 is 5.76. The fourth-order valence-electron chi connectivity index (χ4n) is 3.42. The predicted molar refractivity (Wildman–Crippen MR) is 114 cm³/mol. The van der Waals surface area contributed by atoms with Crippen LogP contribution in [-0.2, 0) is 9.59 Å². The summed E-state index contributed by atoms with van der Waals surface area (Å²) in [7, 11) is 0. The lowest BCUT2D eigenvalue weighted by molar-refractivity contribution is -0.133. The van der Waals surface area contributed by atoms with Crippen molar-refractivity contribution >= 4 is 44.9 Å². The van der Waals surface area contributed by atoms with Crippen molar-refractivity contribution < 1.29 is 14.7 Å². The Morgan fingerprint density at radius 1 is 1.00 bits per heavy atom. The number of rotatable bonds is 5. The summed E-state index contributed by atoms with van der Waals surface area (Å²) in [6.45, 7) is 2.73. The lowest BCUT2D eigenvalue weighted by Gasteiger charge is -2.35. The molecule has 1 aliphatic heterocycles. The average Bonchev–Trinajstić information content (AvgIpc) is 3.18. The van der Waals surface area contributed by atoms with Gasteiger partial charge in [0.2, 0.25) is 11.8 Å². The van der Waals surface area contributed by atoms with Crippen molar-refractivity contribution in [2.45, 2.75) is 12.8 Å². The number of carbonyl (C=O) groups is 2. The lowest BCUT2D eigenvalue weighted by Crippen LogP contribution is -2.49. The van der Waals surface area contributed by atoms with Gasteiger partial charge in [-0.05, 0) is 47.9 Å². The van der Waals surface area contributed by atoms with Crippen LogP contribution < -0.4 is 10.2 Å². The fraction of sp³-hybridized carbons (Fsp3) is 0.286. The second-order valence-electron chi connectivity index (χ2n) is 6.97. The number of carbonyl (C=O) groups excluding carboxylic acids is 2. The highest BCUT2D eigenvalue weighted by Crippen LogP contribution is 2.29. The molecule has 1 aromatic heterocycles. The molecule has 0 saturated carbocycles. The highest BCUT2D eigenvalue weighted by molar-refractivity contribution is 7.13. The van der Waals surface area contributed by atoms with E-state index in [1.165, 1.54) is 28.4 Å². The Labute approximate surface area is 172 Å². The molecule has 7 nitrogen and oxygen atoms in total. The van der Waals surface area contributed by atoms with Crippen LogP contribution in [-0.4, -0.2) is 52.4 Å². The Kier molecular flexibility index (Phi) is 5.62. The zero-order chi connectivity index (χ0) is 20.2. The van der Waals surface area contributed by atoms with Gasteiger partial charge in [-0.2, -0.15) is 4.37 Å². The summed E-state index contributed by atoms with van der Waals surface area (Å²) in [6, 6.07) is 14.4. The molecule has 0 atom stereocenters. The molecule has 2 aromatic carbocycles. The first kappa shape index (κ1) is 19.2. The maximum atomic E-state index is 12.5. The van der Waals surface area contributed by atoms with E-state index >= 15 is 0 Å². The van der Waals surface area contributed by atoms with Crippen LogP contribution in [0, 0.1) is 0 Å². The van der Waals surface area contributed by atoms with Crippen LogP contribution in [0.1, 0.15) is 12.8 Å². The van der Waals surface area contributed by atoms with Crippen molar-refractivity contribution in [1.29, 1.82) is 0 Å². The van der Waals surface area contributed by atoms with E-state index in [0.29, 0.717) is 18.8 Å². The maximum absolute atomic E-state index is 12.5. The number of amides is 2. The first-order valence-electron chi connectivity index (χ1n) is 9.56. The van der Waals surface area contributed by atoms with Gasteiger partial charge in [0, 0.05) is 50.1 Å². The van der Waals surface area contributed by atoms with Crippen molar-refractivity contribution in [3.05, 3.63) is 48.5 Å². The van der Waals surface area contributed by atoms with Crippen LogP contribution in [0.4, 0.5) is 11.5 Å². The summed E-state index contributed by atoms with van der Waals surface area (Å²) in [5.41, 5.74) is 0.601. The van der Waals surface area contributed by atoms with Gasteiger partial charge in [-0.15, -0.1) is 0 Å². The Hall–Kier alpha value is -3.13. The topological polar surface area (TPSA) is 85.8 Å². The first-order valence-corrected chi connectivity index (χ1v) is 10.3. The second kappa shape index (κ2) is 8.48. The van der Waals surface area contributed by atoms with Crippen LogP contribution >= 0.6 is 11.5 Å². The normalized spacial score (nSPS) is 14.2. The van der Waals surface area contributed by atoms with E-state index in [9.17, 15) is 14.7 Å². The monoisotopic (exact) mass is 410 g/mol. The molecule has 3 aromatic rings. The van der Waals surface area contributed by atoms with E-state index in [1.807, 2.05) is 17.0 Å². The molecule has 0 radical (unpaired) electrons. The van der Waals surface area contributed by atoms with Crippen molar-refractivity contribution in [2.75, 3.05) is 36.4 Å². The summed E-state index contributed by atoms with van der Waals surface area (Å²) >= 11 is 1.50. The number of aromatic hydroxyl groups is 1. The van der Waals surface area contributed by atoms with E-state index in [4.69, 9.17) is 0 Å². The number of phenols is 1. The van der Waals surface area contributed by atoms with Gasteiger partial charge in [-0.1, -0.05) is 12.1 Å². The summed E-state index contributed by atoms with van der Waals surface area (Å²) in [5, 5.41) is 13.2. The zero-order valence-electron chi connectivity index (χ0n) is 15.9. The van der Waals surface area contributed by atoms with Crippen LogP contribution in [0.25, 0.3) is 10.1 Å². The Balaban J connectivity index is 1.25. The van der Waals surface area contributed by atoms with Gasteiger partial charge in [0.1, 0.15) is 11.6 Å². The number of piperazine rings is 1. The molecular weight excluding hydrogens is 388 g/mol. The molecule has 0 unspecified atom stereocenters. The van der Waals surface area contributed by atoms with Gasteiger partial charge in [0.15, 0.2) is 0 Å². The fourth-order valence-corrected chi connectivity index (χ4v) is 4.21. The van der Waals surface area contributed by atoms with Crippen LogP contribution in [0.5, 0.6) is 5.75 Å². The van der Waals surface area contributed by atoms with Crippen molar-refractivity contribution in [3.8, 4) is 5.75 Å². The van der Waals surface area contributed by atoms with E-state index < -0.39 is 0 Å². The summed E-state index contributed by atoms with van der Waals surface area (Å²) in [5.74, 6) is 0.916. The van der Waals surface area contributed by atoms with Crippen molar-refractivity contribution in [2.24, 2.45) is 0 Å². The smallest absolute Gasteiger partial charge is 0.224 e. The van der Waals surface area contributed by atoms with E-state index in [1.54, 1.807) is 12.1 Å². The third kappa shape index (κ3) is 4.48. The molecule has 2 amide bonds. The third-order valence-corrected chi connectivity index (χ3v) is 5.82. The number of benzene rings is 2. The summed E-state index contributed by atoms with van der Waals surface area (Å²) in [6.07, 6.45) is 0.320. The van der Waals surface area contributed by atoms with E-state index in [-0.39, 0.29) is 30.4 Å². The summed E-state index contributed by atoms with van der Waals surface area (Å²) in [4.78, 5) is 28.6. The van der Waals surface area contributed by atoms with E-state index in [0.717, 1.165) is 24.3 Å². The third-order valence-electron chi connectivity index (χ3n) is 5.01. The van der Waals surface area contributed by atoms with Gasteiger partial charge < -0.3 is 20.2 Å². The molecule has 1 saturated heterocycles. The minimum absolute atomic E-state index is 0.00589. The van der Waals surface area contributed by atoms with Gasteiger partial charge in [-0.25, -0.2) is 0 Å². The molecule has 150 valence electrons. The Morgan fingerprint density at radius 3 is 2.48 bits per heavy atom. The number of anilines is 2. The number of phenolic OH excluding ortho intramolecular Hbond substituents is 1. The highest BCUT2D eigenvalue weighted by atomic mass is 32.1. The minimum Gasteiger partial charge on any atom is -0.508 e. The maximum Gasteiger partial charge on any atom is 0.224 e. The molecule has 0 spiro atoms. The van der Waals surface area contributed by atoms with Crippen LogP contribution in [0.2, 0.25) is 0 Å². The number of nitrogens with zero attached hydrogens (tertiary/aromatic N) is 3. The number of hydrogen-bond donors (Lipinski definition) is 2. The van der Waals surface area contributed by atoms with Crippen LogP contribution in [0.15, 0.2) is 48.5 Å². The highest BCUT2D eigenvalue weighted by Gasteiger charge is 2.23. The molecule has 4 rings (SSSR count). The number of aromatic nitrogens is 1. The molecular formula is C21H22N4O3S. The van der Waals surface area contributed by atoms with Gasteiger partial charge in [0.25, 0.3) is 0 Å². The van der Waals surface area contributed by atoms with E-state index in [2.05, 4.69) is 26.7 Å². The molecule has 2 heterocycles. The quantitative estimate of drug-likeness (QED) is 0.632. The van der Waals surface area contributed by atoms with Gasteiger partial charge in [0.05, 0.1) is 4.70 Å². The molecule has 8 heteroatoms.